The number of hydrogen-bond donors (Lipinski definition) is 1. The van der Waals surface area contributed by atoms with E-state index in [1.165, 1.54) is 10.9 Å². The Kier molecular flexibility index (Phi) is 6.20. The summed E-state index contributed by atoms with van der Waals surface area (Å²) in [4.78, 5) is 26.0. The molecule has 1 atom stereocenters. The maximum atomic E-state index is 12.2. The van der Waals surface area contributed by atoms with Crippen LogP contribution >= 0.6 is 11.6 Å². The van der Waals surface area contributed by atoms with Crippen molar-refractivity contribution in [3.05, 3.63) is 21.6 Å². The Morgan fingerprint density at radius 2 is 1.95 bits per heavy atom. The number of amides is 1. The molecule has 1 rings (SSSR count). The van der Waals surface area contributed by atoms with Gasteiger partial charge in [0.1, 0.15) is 11.1 Å². The lowest BCUT2D eigenvalue weighted by Gasteiger charge is -2.24. The second kappa shape index (κ2) is 7.45. The lowest BCUT2D eigenvalue weighted by atomic mass is 10.2. The van der Waals surface area contributed by atoms with Gasteiger partial charge in [0.25, 0.3) is 5.56 Å². The molecule has 0 aliphatic rings. The Morgan fingerprint density at radius 1 is 1.38 bits per heavy atom. The van der Waals surface area contributed by atoms with E-state index in [1.807, 2.05) is 27.7 Å². The molecule has 0 fully saturated rings. The molecule has 21 heavy (non-hydrogen) atoms. The summed E-state index contributed by atoms with van der Waals surface area (Å²) in [5, 5.41) is 7.09. The Hall–Kier alpha value is -1.56. The zero-order valence-electron chi connectivity index (χ0n) is 13.2. The first-order valence-corrected chi connectivity index (χ1v) is 7.53. The van der Waals surface area contributed by atoms with Crippen molar-refractivity contribution < 1.29 is 4.79 Å². The number of hydrogen-bond acceptors (Lipinski definition) is 4. The highest BCUT2D eigenvalue weighted by Crippen LogP contribution is 2.17. The van der Waals surface area contributed by atoms with Crippen molar-refractivity contribution in [3.8, 4) is 0 Å². The molecule has 0 saturated carbocycles. The second-order valence-electron chi connectivity index (χ2n) is 5.09. The molecule has 0 saturated heterocycles. The molecule has 0 aliphatic carbocycles. The normalized spacial score (nSPS) is 12.3. The molecule has 1 aromatic rings. The lowest BCUT2D eigenvalue weighted by molar-refractivity contribution is -0.131. The van der Waals surface area contributed by atoms with E-state index in [1.54, 1.807) is 11.8 Å². The van der Waals surface area contributed by atoms with E-state index < -0.39 is 6.04 Å². The quantitative estimate of drug-likeness (QED) is 0.873. The van der Waals surface area contributed by atoms with Crippen LogP contribution in [-0.2, 0) is 4.79 Å². The molecule has 0 bridgehead atoms. The molecule has 0 radical (unpaired) electrons. The summed E-state index contributed by atoms with van der Waals surface area (Å²) in [5.74, 6) is -0.0379. The zero-order chi connectivity index (χ0) is 16.2. The fourth-order valence-electron chi connectivity index (χ4n) is 2.02. The van der Waals surface area contributed by atoms with E-state index in [0.29, 0.717) is 18.8 Å². The lowest BCUT2D eigenvalue weighted by Crippen LogP contribution is -2.41. The molecular weight excluding hydrogens is 292 g/mol. The predicted octanol–water partition coefficient (Wildman–Crippen LogP) is 2.15. The summed E-state index contributed by atoms with van der Waals surface area (Å²) in [7, 11) is 0. The van der Waals surface area contributed by atoms with Gasteiger partial charge in [-0.05, 0) is 34.6 Å². The van der Waals surface area contributed by atoms with Crippen molar-refractivity contribution in [1.29, 1.82) is 0 Å². The van der Waals surface area contributed by atoms with Gasteiger partial charge in [-0.15, -0.1) is 0 Å². The summed E-state index contributed by atoms with van der Waals surface area (Å²) in [6.45, 7) is 10.6. The Labute approximate surface area is 130 Å². The monoisotopic (exact) mass is 314 g/mol. The van der Waals surface area contributed by atoms with Gasteiger partial charge in [-0.2, -0.15) is 5.10 Å². The summed E-state index contributed by atoms with van der Waals surface area (Å²) in [6.07, 6.45) is 1.48. The van der Waals surface area contributed by atoms with E-state index in [-0.39, 0.29) is 22.5 Å². The van der Waals surface area contributed by atoms with Crippen LogP contribution in [0.4, 0.5) is 5.69 Å². The first-order valence-electron chi connectivity index (χ1n) is 7.16. The SMILES string of the molecule is CCN(CC)C(=O)C(C)Nc1cnn(C(C)C)c(=O)c1Cl. The topological polar surface area (TPSA) is 67.2 Å². The van der Waals surface area contributed by atoms with Gasteiger partial charge in [0, 0.05) is 13.1 Å². The third-order valence-electron chi connectivity index (χ3n) is 3.25. The fourth-order valence-corrected chi connectivity index (χ4v) is 2.21. The van der Waals surface area contributed by atoms with Crippen LogP contribution in [0, 0.1) is 0 Å². The number of nitrogens with zero attached hydrogens (tertiary/aromatic N) is 3. The fraction of sp³-hybridized carbons (Fsp3) is 0.643. The van der Waals surface area contributed by atoms with Crippen LogP contribution < -0.4 is 10.9 Å². The molecule has 1 N–H and O–H groups in total. The molecule has 0 aliphatic heterocycles. The summed E-state index contributed by atoms with van der Waals surface area (Å²) >= 11 is 6.08. The third-order valence-corrected chi connectivity index (χ3v) is 3.62. The number of carbonyl (C=O) groups is 1. The second-order valence-corrected chi connectivity index (χ2v) is 5.47. The zero-order valence-corrected chi connectivity index (χ0v) is 13.9. The standard InChI is InChI=1S/C14H23ClN4O2/c1-6-18(7-2)13(20)10(5)17-11-8-16-19(9(3)4)14(21)12(11)15/h8-10,17H,6-7H2,1-5H3. The molecule has 118 valence electrons. The Balaban J connectivity index is 2.96. The van der Waals surface area contributed by atoms with Gasteiger partial charge in [0.2, 0.25) is 5.91 Å². The number of carbonyl (C=O) groups excluding carboxylic acids is 1. The number of halogens is 1. The smallest absolute Gasteiger partial charge is 0.287 e. The molecule has 1 aromatic heterocycles. The molecule has 0 aromatic carbocycles. The first-order chi connectivity index (χ1) is 9.83. The van der Waals surface area contributed by atoms with E-state index >= 15 is 0 Å². The van der Waals surface area contributed by atoms with Crippen LogP contribution in [-0.4, -0.2) is 39.7 Å². The van der Waals surface area contributed by atoms with Crippen molar-refractivity contribution in [2.75, 3.05) is 18.4 Å². The van der Waals surface area contributed by atoms with Crippen LogP contribution in [0.2, 0.25) is 5.02 Å². The van der Waals surface area contributed by atoms with Crippen LogP contribution in [0.5, 0.6) is 0 Å². The van der Waals surface area contributed by atoms with Crippen molar-refractivity contribution >= 4 is 23.2 Å². The predicted molar refractivity (Wildman–Crippen MR) is 84.9 cm³/mol. The van der Waals surface area contributed by atoms with Gasteiger partial charge < -0.3 is 10.2 Å². The number of rotatable bonds is 6. The van der Waals surface area contributed by atoms with Crippen molar-refractivity contribution in [1.82, 2.24) is 14.7 Å². The van der Waals surface area contributed by atoms with Crippen LogP contribution in [0.15, 0.2) is 11.0 Å². The molecule has 6 nitrogen and oxygen atoms in total. The van der Waals surface area contributed by atoms with E-state index in [2.05, 4.69) is 10.4 Å². The van der Waals surface area contributed by atoms with Crippen molar-refractivity contribution in [3.63, 3.8) is 0 Å². The third kappa shape index (κ3) is 3.97. The van der Waals surface area contributed by atoms with E-state index in [4.69, 9.17) is 11.6 Å². The molecule has 1 amide bonds. The van der Waals surface area contributed by atoms with Gasteiger partial charge in [-0.3, -0.25) is 9.59 Å². The molecule has 0 spiro atoms. The Morgan fingerprint density at radius 3 is 2.43 bits per heavy atom. The average molecular weight is 315 g/mol. The highest BCUT2D eigenvalue weighted by atomic mass is 35.5. The molecule has 1 heterocycles. The van der Waals surface area contributed by atoms with Gasteiger partial charge in [0.05, 0.1) is 17.9 Å². The summed E-state index contributed by atoms with van der Waals surface area (Å²) in [5.41, 5.74) is 0.0192. The largest absolute Gasteiger partial charge is 0.371 e. The van der Waals surface area contributed by atoms with Gasteiger partial charge >= 0.3 is 0 Å². The van der Waals surface area contributed by atoms with E-state index in [0.717, 1.165) is 0 Å². The van der Waals surface area contributed by atoms with E-state index in [9.17, 15) is 9.59 Å². The number of anilines is 1. The molecule has 7 heteroatoms. The van der Waals surface area contributed by atoms with Gasteiger partial charge in [0.15, 0.2) is 0 Å². The van der Waals surface area contributed by atoms with Crippen LogP contribution in [0.25, 0.3) is 0 Å². The van der Waals surface area contributed by atoms with Crippen LogP contribution in [0.1, 0.15) is 40.7 Å². The minimum absolute atomic E-state index is 0.0379. The summed E-state index contributed by atoms with van der Waals surface area (Å²) < 4.78 is 1.31. The van der Waals surface area contributed by atoms with Gasteiger partial charge in [-0.1, -0.05) is 11.6 Å². The van der Waals surface area contributed by atoms with Crippen LogP contribution in [0.3, 0.4) is 0 Å². The Bertz CT molecular complexity index is 552. The molecule has 1 unspecified atom stereocenters. The highest BCUT2D eigenvalue weighted by Gasteiger charge is 2.20. The highest BCUT2D eigenvalue weighted by molar-refractivity contribution is 6.33. The maximum absolute atomic E-state index is 12.2. The molecular formula is C14H23ClN4O2. The number of nitrogens with one attached hydrogen (secondary N) is 1. The minimum atomic E-state index is -0.474. The number of aromatic nitrogens is 2. The minimum Gasteiger partial charge on any atom is -0.371 e. The summed E-state index contributed by atoms with van der Waals surface area (Å²) in [6, 6.07) is -0.544. The van der Waals surface area contributed by atoms with Gasteiger partial charge in [-0.25, -0.2) is 4.68 Å². The first kappa shape index (κ1) is 17.5. The average Bonchev–Trinajstić information content (AvgIpc) is 2.44. The van der Waals surface area contributed by atoms with Crippen molar-refractivity contribution in [2.24, 2.45) is 0 Å². The van der Waals surface area contributed by atoms with Crippen molar-refractivity contribution in [2.45, 2.75) is 46.7 Å². The maximum Gasteiger partial charge on any atom is 0.287 e. The number of likely N-dealkylation sites (N-methyl/N-ethyl adjacent to an activating group) is 1.